The fourth-order valence-electron chi connectivity index (χ4n) is 3.18. The average Bonchev–Trinajstić information content (AvgIpc) is 2.58. The van der Waals surface area contributed by atoms with Crippen molar-refractivity contribution in [1.82, 2.24) is 0 Å². The molecule has 2 unspecified atom stereocenters. The Morgan fingerprint density at radius 2 is 1.35 bits per heavy atom. The maximum absolute atomic E-state index is 13.9. The zero-order valence-electron chi connectivity index (χ0n) is 12.6. The third kappa shape index (κ3) is 3.15. The van der Waals surface area contributed by atoms with Crippen molar-refractivity contribution in [2.24, 2.45) is 0 Å². The molecule has 0 spiro atoms. The van der Waals surface area contributed by atoms with E-state index in [9.17, 15) is 26.7 Å². The molecule has 1 aliphatic rings. The summed E-state index contributed by atoms with van der Waals surface area (Å²) < 4.78 is 77.8. The summed E-state index contributed by atoms with van der Waals surface area (Å²) in [7, 11) is -1.03. The molecule has 1 N–H and O–H groups in total. The molecule has 1 fully saturated rings. The lowest BCUT2D eigenvalue weighted by Crippen LogP contribution is -2.47. The van der Waals surface area contributed by atoms with Gasteiger partial charge in [-0.2, -0.15) is 0 Å². The Balaban J connectivity index is 2.40. The Hall–Kier alpha value is -1.03. The lowest BCUT2D eigenvalue weighted by Gasteiger charge is -2.35. The Labute approximate surface area is 131 Å². The molecule has 0 aliphatic heterocycles. The normalized spacial score (nSPS) is 22.4. The molecule has 1 aromatic carbocycles. The van der Waals surface area contributed by atoms with E-state index in [0.29, 0.717) is 12.8 Å². The van der Waals surface area contributed by atoms with Crippen molar-refractivity contribution in [2.45, 2.75) is 37.1 Å². The van der Waals surface area contributed by atoms with Crippen LogP contribution in [0.5, 0.6) is 0 Å². The van der Waals surface area contributed by atoms with Crippen LogP contribution in [-0.4, -0.2) is 27.8 Å². The van der Waals surface area contributed by atoms with Gasteiger partial charge in [0, 0.05) is 25.3 Å². The number of halogens is 5. The molecule has 0 saturated heterocycles. The summed E-state index contributed by atoms with van der Waals surface area (Å²) in [5.41, 5.74) is -1.35. The summed E-state index contributed by atoms with van der Waals surface area (Å²) >= 11 is 0. The summed E-state index contributed by atoms with van der Waals surface area (Å²) in [5.74, 6) is -10.6. The molecule has 0 bridgehead atoms. The van der Waals surface area contributed by atoms with Crippen molar-refractivity contribution in [3.8, 4) is 0 Å². The summed E-state index contributed by atoms with van der Waals surface area (Å²) in [6, 6.07) is 0. The van der Waals surface area contributed by atoms with Crippen molar-refractivity contribution in [3.05, 3.63) is 34.6 Å². The van der Waals surface area contributed by atoms with Crippen LogP contribution in [0.2, 0.25) is 5.54 Å². The molecule has 1 aromatic rings. The van der Waals surface area contributed by atoms with Gasteiger partial charge in [0.2, 0.25) is 5.82 Å². The molecule has 2 atom stereocenters. The van der Waals surface area contributed by atoms with Crippen LogP contribution in [0.25, 0.3) is 0 Å². The topological polar surface area (TPSA) is 38.7 Å². The summed E-state index contributed by atoms with van der Waals surface area (Å²) in [6.07, 6.45) is 1.24. The Morgan fingerprint density at radius 3 is 1.83 bits per heavy atom. The van der Waals surface area contributed by atoms with Gasteiger partial charge >= 0.3 is 8.80 Å². The molecular formula is C14H17F5O3Si. The predicted octanol–water partition coefficient (Wildman–Crippen LogP) is 3.63. The van der Waals surface area contributed by atoms with Gasteiger partial charge in [0.1, 0.15) is 0 Å². The lowest BCUT2D eigenvalue weighted by atomic mass is 9.83. The zero-order chi connectivity index (χ0) is 17.4. The molecule has 0 amide bonds. The summed E-state index contributed by atoms with van der Waals surface area (Å²) in [5, 5.41) is 0. The van der Waals surface area contributed by atoms with Gasteiger partial charge in [0.05, 0.1) is 0 Å². The van der Waals surface area contributed by atoms with E-state index in [2.05, 4.69) is 0 Å². The second-order valence-corrected chi connectivity index (χ2v) is 8.48. The van der Waals surface area contributed by atoms with Gasteiger partial charge in [-0.25, -0.2) is 22.0 Å². The second kappa shape index (κ2) is 6.84. The van der Waals surface area contributed by atoms with Gasteiger partial charge in [0.15, 0.2) is 23.3 Å². The van der Waals surface area contributed by atoms with E-state index in [1.165, 1.54) is 14.2 Å². The quantitative estimate of drug-likeness (QED) is 0.388. The monoisotopic (exact) mass is 356 g/mol. The molecule has 130 valence electrons. The van der Waals surface area contributed by atoms with Crippen molar-refractivity contribution >= 4 is 8.80 Å². The molecule has 23 heavy (non-hydrogen) atoms. The smallest absolute Gasteiger partial charge is 0.390 e. The van der Waals surface area contributed by atoms with Gasteiger partial charge in [-0.1, -0.05) is 6.42 Å². The largest absolute Gasteiger partial charge is 0.500 e. The third-order valence-corrected chi connectivity index (χ3v) is 7.15. The molecule has 0 radical (unpaired) electrons. The highest BCUT2D eigenvalue weighted by atomic mass is 28.4. The minimum absolute atomic E-state index is 0.0305. The minimum atomic E-state index is -3.55. The first-order valence-corrected chi connectivity index (χ1v) is 8.94. The lowest BCUT2D eigenvalue weighted by molar-refractivity contribution is 0.127. The van der Waals surface area contributed by atoms with Crippen LogP contribution in [0.1, 0.15) is 37.2 Å². The van der Waals surface area contributed by atoms with Crippen molar-refractivity contribution in [2.75, 3.05) is 14.2 Å². The van der Waals surface area contributed by atoms with Gasteiger partial charge < -0.3 is 13.6 Å². The second-order valence-electron chi connectivity index (χ2n) is 5.58. The molecule has 1 saturated carbocycles. The van der Waals surface area contributed by atoms with E-state index in [1.54, 1.807) is 0 Å². The van der Waals surface area contributed by atoms with Crippen LogP contribution in [0, 0.1) is 29.1 Å². The number of benzene rings is 1. The van der Waals surface area contributed by atoms with E-state index in [4.69, 9.17) is 8.85 Å². The molecule has 0 heterocycles. The zero-order valence-corrected chi connectivity index (χ0v) is 13.6. The molecular weight excluding hydrogens is 339 g/mol. The SMILES string of the molecule is CO[Si](O)(OC)C1CCCC(c2c(F)c(F)c(F)c(F)c2F)C1. The summed E-state index contributed by atoms with van der Waals surface area (Å²) in [4.78, 5) is 10.3. The maximum atomic E-state index is 13.9. The first-order chi connectivity index (χ1) is 10.8. The highest BCUT2D eigenvalue weighted by molar-refractivity contribution is 6.60. The molecule has 1 aliphatic carbocycles. The van der Waals surface area contributed by atoms with E-state index in [1.807, 2.05) is 0 Å². The Morgan fingerprint density at radius 1 is 0.870 bits per heavy atom. The van der Waals surface area contributed by atoms with Crippen molar-refractivity contribution in [1.29, 1.82) is 0 Å². The number of rotatable bonds is 4. The average molecular weight is 356 g/mol. The maximum Gasteiger partial charge on any atom is 0.500 e. The van der Waals surface area contributed by atoms with Crippen molar-refractivity contribution < 1.29 is 35.6 Å². The minimum Gasteiger partial charge on any atom is -0.390 e. The third-order valence-electron chi connectivity index (χ3n) is 4.43. The Kier molecular flexibility index (Phi) is 5.44. The van der Waals surface area contributed by atoms with E-state index < -0.39 is 54.9 Å². The Bertz CT molecular complexity index is 565. The molecule has 3 nitrogen and oxygen atoms in total. The van der Waals surface area contributed by atoms with Crippen LogP contribution in [-0.2, 0) is 8.85 Å². The van der Waals surface area contributed by atoms with E-state index >= 15 is 0 Å². The highest BCUT2D eigenvalue weighted by Gasteiger charge is 2.47. The number of hydrogen-bond acceptors (Lipinski definition) is 3. The fraction of sp³-hybridized carbons (Fsp3) is 0.571. The van der Waals surface area contributed by atoms with Crippen LogP contribution in [0.15, 0.2) is 0 Å². The van der Waals surface area contributed by atoms with Crippen LogP contribution in [0.3, 0.4) is 0 Å². The van der Waals surface area contributed by atoms with E-state index in [0.717, 1.165) is 0 Å². The molecule has 2 rings (SSSR count). The van der Waals surface area contributed by atoms with Crippen LogP contribution < -0.4 is 0 Å². The predicted molar refractivity (Wildman–Crippen MR) is 73.2 cm³/mol. The fourth-order valence-corrected chi connectivity index (χ4v) is 5.16. The number of hydrogen-bond donors (Lipinski definition) is 1. The van der Waals surface area contributed by atoms with Crippen molar-refractivity contribution in [3.63, 3.8) is 0 Å². The van der Waals surface area contributed by atoms with Gasteiger partial charge in [-0.05, 0) is 25.2 Å². The first-order valence-electron chi connectivity index (χ1n) is 7.10. The van der Waals surface area contributed by atoms with Crippen LogP contribution in [0.4, 0.5) is 22.0 Å². The van der Waals surface area contributed by atoms with E-state index in [-0.39, 0.29) is 12.8 Å². The van der Waals surface area contributed by atoms with Gasteiger partial charge in [-0.15, -0.1) is 0 Å². The summed E-state index contributed by atoms with van der Waals surface area (Å²) in [6.45, 7) is 0. The standard InChI is InChI=1S/C14H17F5O3Si/c1-21-23(20,22-2)8-5-3-4-7(6-8)9-10(15)12(17)14(19)13(18)11(9)16/h7-8,20H,3-6H2,1-2H3. The van der Waals surface area contributed by atoms with Gasteiger partial charge in [0.25, 0.3) is 0 Å². The molecule has 9 heteroatoms. The van der Waals surface area contributed by atoms with Crippen LogP contribution >= 0.6 is 0 Å². The highest BCUT2D eigenvalue weighted by Crippen LogP contribution is 2.45. The first kappa shape index (κ1) is 18.3. The molecule has 0 aromatic heterocycles. The van der Waals surface area contributed by atoms with Gasteiger partial charge in [-0.3, -0.25) is 0 Å².